The van der Waals surface area contributed by atoms with Gasteiger partial charge in [0.1, 0.15) is 5.75 Å². The topological polar surface area (TPSA) is 52.6 Å². The minimum absolute atomic E-state index is 0.157. The number of benzene rings is 1. The van der Waals surface area contributed by atoms with Crippen molar-refractivity contribution in [2.75, 3.05) is 19.6 Å². The molecule has 4 heteroatoms. The number of carbonyl (C=O) groups excluding carboxylic acids is 1. The molecule has 4 nitrogen and oxygen atoms in total. The van der Waals surface area contributed by atoms with Gasteiger partial charge in [0.05, 0.1) is 6.42 Å². The fourth-order valence-corrected chi connectivity index (χ4v) is 2.10. The zero-order valence-corrected chi connectivity index (χ0v) is 10.0. The molecule has 0 aliphatic carbocycles. The summed E-state index contributed by atoms with van der Waals surface area (Å²) in [5, 5.41) is 12.4. The van der Waals surface area contributed by atoms with Crippen LogP contribution < -0.4 is 5.32 Å². The standard InChI is InChI=1S/C13H18N2O2/c1-10-9-14-6-7-15(10)13(17)8-11-2-4-12(16)5-3-11/h2-5,10,14,16H,6-9H2,1H3. The highest BCUT2D eigenvalue weighted by atomic mass is 16.3. The van der Waals surface area contributed by atoms with Crippen LogP contribution in [0.5, 0.6) is 5.75 Å². The largest absolute Gasteiger partial charge is 0.508 e. The van der Waals surface area contributed by atoms with E-state index in [2.05, 4.69) is 12.2 Å². The Kier molecular flexibility index (Phi) is 3.64. The minimum Gasteiger partial charge on any atom is -0.508 e. The zero-order chi connectivity index (χ0) is 12.3. The first-order valence-corrected chi connectivity index (χ1v) is 5.95. The summed E-state index contributed by atoms with van der Waals surface area (Å²) in [7, 11) is 0. The Hall–Kier alpha value is -1.55. The van der Waals surface area contributed by atoms with Crippen molar-refractivity contribution in [2.24, 2.45) is 0 Å². The number of phenols is 1. The highest BCUT2D eigenvalue weighted by Crippen LogP contribution is 2.12. The summed E-state index contributed by atoms with van der Waals surface area (Å²) in [5.41, 5.74) is 0.943. The molecule has 92 valence electrons. The Labute approximate surface area is 101 Å². The lowest BCUT2D eigenvalue weighted by molar-refractivity contribution is -0.133. The average Bonchev–Trinajstić information content (AvgIpc) is 2.32. The van der Waals surface area contributed by atoms with Crippen LogP contribution in [0.2, 0.25) is 0 Å². The first-order valence-electron chi connectivity index (χ1n) is 5.95. The van der Waals surface area contributed by atoms with Crippen LogP contribution in [-0.2, 0) is 11.2 Å². The summed E-state index contributed by atoms with van der Waals surface area (Å²) >= 11 is 0. The van der Waals surface area contributed by atoms with Crippen molar-refractivity contribution in [3.05, 3.63) is 29.8 Å². The van der Waals surface area contributed by atoms with Crippen molar-refractivity contribution >= 4 is 5.91 Å². The van der Waals surface area contributed by atoms with Crippen LogP contribution in [0, 0.1) is 0 Å². The van der Waals surface area contributed by atoms with E-state index in [1.165, 1.54) is 0 Å². The average molecular weight is 234 g/mol. The van der Waals surface area contributed by atoms with Gasteiger partial charge in [0.25, 0.3) is 0 Å². The lowest BCUT2D eigenvalue weighted by atomic mass is 10.1. The summed E-state index contributed by atoms with van der Waals surface area (Å²) in [6, 6.07) is 7.07. The summed E-state index contributed by atoms with van der Waals surface area (Å²) < 4.78 is 0. The maximum absolute atomic E-state index is 12.1. The van der Waals surface area contributed by atoms with Crippen molar-refractivity contribution in [3.8, 4) is 5.75 Å². The number of rotatable bonds is 2. The van der Waals surface area contributed by atoms with Crippen LogP contribution >= 0.6 is 0 Å². The Morgan fingerprint density at radius 3 is 2.82 bits per heavy atom. The predicted octanol–water partition coefficient (Wildman–Crippen LogP) is 0.755. The summed E-state index contributed by atoms with van der Waals surface area (Å²) in [6.07, 6.45) is 0.407. The Balaban J connectivity index is 1.98. The van der Waals surface area contributed by atoms with Gasteiger partial charge in [-0.3, -0.25) is 4.79 Å². The van der Waals surface area contributed by atoms with Gasteiger partial charge in [0, 0.05) is 25.7 Å². The minimum atomic E-state index is 0.157. The predicted molar refractivity (Wildman–Crippen MR) is 65.9 cm³/mol. The summed E-state index contributed by atoms with van der Waals surface area (Å²) in [5.74, 6) is 0.390. The maximum Gasteiger partial charge on any atom is 0.227 e. The molecular formula is C13H18N2O2. The molecule has 0 radical (unpaired) electrons. The third-order valence-electron chi connectivity index (χ3n) is 3.11. The molecule has 1 aromatic carbocycles. The van der Waals surface area contributed by atoms with E-state index in [0.29, 0.717) is 6.42 Å². The Morgan fingerprint density at radius 2 is 2.18 bits per heavy atom. The third kappa shape index (κ3) is 2.97. The molecule has 17 heavy (non-hydrogen) atoms. The SMILES string of the molecule is CC1CNCCN1C(=O)Cc1ccc(O)cc1. The molecule has 2 rings (SSSR count). The van der Waals surface area contributed by atoms with E-state index >= 15 is 0 Å². The lowest BCUT2D eigenvalue weighted by Gasteiger charge is -2.34. The van der Waals surface area contributed by atoms with Gasteiger partial charge in [-0.1, -0.05) is 12.1 Å². The Bertz CT molecular complexity index is 389. The monoisotopic (exact) mass is 234 g/mol. The van der Waals surface area contributed by atoms with Gasteiger partial charge < -0.3 is 15.3 Å². The normalized spacial score (nSPS) is 20.3. The number of piperazine rings is 1. The number of nitrogens with one attached hydrogen (secondary N) is 1. The molecule has 0 aromatic heterocycles. The van der Waals surface area contributed by atoms with Crippen LogP contribution in [0.4, 0.5) is 0 Å². The van der Waals surface area contributed by atoms with Gasteiger partial charge in [0.2, 0.25) is 5.91 Å². The highest BCUT2D eigenvalue weighted by Gasteiger charge is 2.22. The number of hydrogen-bond acceptors (Lipinski definition) is 3. The first-order chi connectivity index (χ1) is 8.16. The van der Waals surface area contributed by atoms with E-state index in [1.54, 1.807) is 24.3 Å². The van der Waals surface area contributed by atoms with E-state index in [0.717, 1.165) is 25.2 Å². The van der Waals surface area contributed by atoms with E-state index in [4.69, 9.17) is 0 Å². The molecule has 1 aliphatic heterocycles. The quantitative estimate of drug-likeness (QED) is 0.794. The van der Waals surface area contributed by atoms with Gasteiger partial charge >= 0.3 is 0 Å². The van der Waals surface area contributed by atoms with Crippen molar-refractivity contribution in [2.45, 2.75) is 19.4 Å². The van der Waals surface area contributed by atoms with Gasteiger partial charge in [-0.05, 0) is 24.6 Å². The molecule has 1 aliphatic rings. The number of amides is 1. The van der Waals surface area contributed by atoms with Crippen LogP contribution in [-0.4, -0.2) is 41.6 Å². The van der Waals surface area contributed by atoms with Gasteiger partial charge in [-0.25, -0.2) is 0 Å². The number of aromatic hydroxyl groups is 1. The van der Waals surface area contributed by atoms with Crippen molar-refractivity contribution in [1.29, 1.82) is 0 Å². The molecule has 1 saturated heterocycles. The van der Waals surface area contributed by atoms with Gasteiger partial charge in [-0.15, -0.1) is 0 Å². The number of nitrogens with zero attached hydrogens (tertiary/aromatic N) is 1. The fraction of sp³-hybridized carbons (Fsp3) is 0.462. The molecule has 0 bridgehead atoms. The second-order valence-electron chi connectivity index (χ2n) is 4.48. The molecule has 0 saturated carbocycles. The number of phenolic OH excluding ortho intramolecular Hbond substituents is 1. The van der Waals surface area contributed by atoms with Gasteiger partial charge in [-0.2, -0.15) is 0 Å². The lowest BCUT2D eigenvalue weighted by Crippen LogP contribution is -2.52. The number of carbonyl (C=O) groups is 1. The molecule has 0 spiro atoms. The molecule has 1 heterocycles. The number of hydrogen-bond donors (Lipinski definition) is 2. The molecule has 1 fully saturated rings. The zero-order valence-electron chi connectivity index (χ0n) is 10.0. The first kappa shape index (κ1) is 11.9. The molecule has 2 N–H and O–H groups in total. The van der Waals surface area contributed by atoms with E-state index < -0.39 is 0 Å². The summed E-state index contributed by atoms with van der Waals surface area (Å²) in [4.78, 5) is 14.0. The fourth-order valence-electron chi connectivity index (χ4n) is 2.10. The molecular weight excluding hydrogens is 216 g/mol. The third-order valence-corrected chi connectivity index (χ3v) is 3.11. The van der Waals surface area contributed by atoms with E-state index in [-0.39, 0.29) is 17.7 Å². The van der Waals surface area contributed by atoms with E-state index in [1.807, 2.05) is 4.90 Å². The molecule has 1 unspecified atom stereocenters. The highest BCUT2D eigenvalue weighted by molar-refractivity contribution is 5.79. The Morgan fingerprint density at radius 1 is 1.47 bits per heavy atom. The second kappa shape index (κ2) is 5.19. The summed E-state index contributed by atoms with van der Waals surface area (Å²) in [6.45, 7) is 4.56. The second-order valence-corrected chi connectivity index (χ2v) is 4.48. The van der Waals surface area contributed by atoms with Crippen molar-refractivity contribution < 1.29 is 9.90 Å². The van der Waals surface area contributed by atoms with Crippen molar-refractivity contribution in [3.63, 3.8) is 0 Å². The smallest absolute Gasteiger partial charge is 0.227 e. The molecule has 1 aromatic rings. The van der Waals surface area contributed by atoms with Crippen LogP contribution in [0.15, 0.2) is 24.3 Å². The molecule has 1 amide bonds. The maximum atomic E-state index is 12.1. The van der Waals surface area contributed by atoms with Gasteiger partial charge in [0.15, 0.2) is 0 Å². The van der Waals surface area contributed by atoms with Crippen LogP contribution in [0.3, 0.4) is 0 Å². The molecule has 1 atom stereocenters. The van der Waals surface area contributed by atoms with E-state index in [9.17, 15) is 9.90 Å². The van der Waals surface area contributed by atoms with Crippen molar-refractivity contribution in [1.82, 2.24) is 10.2 Å². The van der Waals surface area contributed by atoms with Crippen LogP contribution in [0.1, 0.15) is 12.5 Å². The van der Waals surface area contributed by atoms with Crippen LogP contribution in [0.25, 0.3) is 0 Å².